The van der Waals surface area contributed by atoms with Crippen LogP contribution in [0.2, 0.25) is 0 Å². The predicted octanol–water partition coefficient (Wildman–Crippen LogP) is 9.16. The van der Waals surface area contributed by atoms with Crippen LogP contribution in [-0.2, 0) is 32.7 Å². The lowest BCUT2D eigenvalue weighted by atomic mass is 10.1. The van der Waals surface area contributed by atoms with Crippen LogP contribution in [0.4, 0.5) is 0 Å². The monoisotopic (exact) mass is 726 g/mol. The fourth-order valence-electron chi connectivity index (χ4n) is 4.55. The molecule has 0 aliphatic rings. The molecule has 0 aromatic heterocycles. The van der Waals surface area contributed by atoms with Crippen LogP contribution in [0.15, 0.2) is 60.8 Å². The van der Waals surface area contributed by atoms with Gasteiger partial charge in [0, 0.05) is 12.8 Å². The number of esters is 2. The highest BCUT2D eigenvalue weighted by atomic mass is 31.2. The van der Waals surface area contributed by atoms with Gasteiger partial charge in [-0.3, -0.25) is 18.6 Å². The van der Waals surface area contributed by atoms with Crippen LogP contribution < -0.4 is 0 Å². The van der Waals surface area contributed by atoms with E-state index in [0.29, 0.717) is 12.8 Å². The molecule has 0 aromatic rings. The molecule has 0 aliphatic carbocycles. The number of allylic oxidation sites excluding steroid dienone is 10. The lowest BCUT2D eigenvalue weighted by Crippen LogP contribution is -2.29. The van der Waals surface area contributed by atoms with Crippen LogP contribution in [0.1, 0.15) is 136 Å². The van der Waals surface area contributed by atoms with Crippen molar-refractivity contribution in [3.05, 3.63) is 60.8 Å². The first-order valence-corrected chi connectivity index (χ1v) is 20.2. The average Bonchev–Trinajstić information content (AvgIpc) is 3.10. The Kier molecular flexibility index (Phi) is 33.5. The number of phosphoric ester groups is 1. The topological polar surface area (TPSA) is 149 Å². The van der Waals surface area contributed by atoms with Gasteiger partial charge in [0.05, 0.1) is 19.8 Å². The Hall–Kier alpha value is -2.33. The van der Waals surface area contributed by atoms with Gasteiger partial charge in [-0.1, -0.05) is 126 Å². The lowest BCUT2D eigenvalue weighted by Gasteiger charge is -2.20. The zero-order valence-corrected chi connectivity index (χ0v) is 31.7. The second-order valence-corrected chi connectivity index (χ2v) is 13.7. The van der Waals surface area contributed by atoms with E-state index in [0.717, 1.165) is 70.6 Å². The maximum atomic E-state index is 12.5. The number of aliphatic hydroxyl groups excluding tert-OH is 2. The number of ether oxygens (including phenoxy) is 2. The third-order valence-corrected chi connectivity index (χ3v) is 8.39. The van der Waals surface area contributed by atoms with Crippen molar-refractivity contribution >= 4 is 19.8 Å². The van der Waals surface area contributed by atoms with Crippen molar-refractivity contribution in [1.82, 2.24) is 0 Å². The van der Waals surface area contributed by atoms with Crippen molar-refractivity contribution in [3.8, 4) is 0 Å². The maximum Gasteiger partial charge on any atom is 0.472 e. The molecular formula is C39H67O10P. The molecule has 0 spiro atoms. The Morgan fingerprint density at radius 3 is 1.66 bits per heavy atom. The minimum atomic E-state index is -4.62. The first-order chi connectivity index (χ1) is 24.2. The Morgan fingerprint density at radius 2 is 1.10 bits per heavy atom. The van der Waals surface area contributed by atoms with Gasteiger partial charge in [0.1, 0.15) is 12.7 Å². The summed E-state index contributed by atoms with van der Waals surface area (Å²) in [5.41, 5.74) is 0. The number of hydrogen-bond donors (Lipinski definition) is 3. The molecule has 10 nitrogen and oxygen atoms in total. The number of phosphoric acid groups is 1. The highest BCUT2D eigenvalue weighted by Crippen LogP contribution is 2.43. The summed E-state index contributed by atoms with van der Waals surface area (Å²) in [4.78, 5) is 34.7. The van der Waals surface area contributed by atoms with Gasteiger partial charge < -0.3 is 24.6 Å². The first kappa shape index (κ1) is 47.7. The normalized spacial score (nSPS) is 14.7. The maximum absolute atomic E-state index is 12.5. The minimum Gasteiger partial charge on any atom is -0.462 e. The number of carbonyl (C=O) groups excluding carboxylic acids is 2. The molecule has 0 radical (unpaired) electrons. The van der Waals surface area contributed by atoms with E-state index in [-0.39, 0.29) is 19.4 Å². The first-order valence-electron chi connectivity index (χ1n) is 18.7. The van der Waals surface area contributed by atoms with E-state index in [9.17, 15) is 24.2 Å². The largest absolute Gasteiger partial charge is 0.472 e. The predicted molar refractivity (Wildman–Crippen MR) is 200 cm³/mol. The van der Waals surface area contributed by atoms with Gasteiger partial charge in [-0.25, -0.2) is 4.57 Å². The molecule has 0 saturated carbocycles. The SMILES string of the molecule is CC/C=C\C/C=C\C/C=C\C/C=C\C/C=C\CCCCCC(=O)OC(COC(=O)CCCCCCCCCC)COP(=O)(O)OCC(O)CO. The fraction of sp³-hybridized carbons (Fsp3) is 0.692. The smallest absolute Gasteiger partial charge is 0.462 e. The molecular weight excluding hydrogens is 659 g/mol. The van der Waals surface area contributed by atoms with E-state index in [1.807, 2.05) is 0 Å². The summed E-state index contributed by atoms with van der Waals surface area (Å²) >= 11 is 0. The van der Waals surface area contributed by atoms with Crippen molar-refractivity contribution < 1.29 is 47.8 Å². The number of carbonyl (C=O) groups is 2. The molecule has 0 fully saturated rings. The van der Waals surface area contributed by atoms with E-state index in [2.05, 4.69) is 79.1 Å². The van der Waals surface area contributed by atoms with Gasteiger partial charge >= 0.3 is 19.8 Å². The van der Waals surface area contributed by atoms with E-state index in [1.54, 1.807) is 0 Å². The Bertz CT molecular complexity index is 1020. The van der Waals surface area contributed by atoms with Gasteiger partial charge in [0.25, 0.3) is 0 Å². The Morgan fingerprint density at radius 1 is 0.620 bits per heavy atom. The van der Waals surface area contributed by atoms with Crippen LogP contribution in [0.3, 0.4) is 0 Å². The molecule has 0 rings (SSSR count). The summed E-state index contributed by atoms with van der Waals surface area (Å²) in [6.07, 6.45) is 36.4. The number of hydrogen-bond acceptors (Lipinski definition) is 9. The highest BCUT2D eigenvalue weighted by Gasteiger charge is 2.27. The molecule has 0 heterocycles. The number of rotatable bonds is 34. The van der Waals surface area contributed by atoms with Gasteiger partial charge in [-0.15, -0.1) is 0 Å². The summed E-state index contributed by atoms with van der Waals surface area (Å²) in [7, 11) is -4.62. The van der Waals surface area contributed by atoms with Gasteiger partial charge in [0.2, 0.25) is 0 Å². The van der Waals surface area contributed by atoms with E-state index >= 15 is 0 Å². The molecule has 3 N–H and O–H groups in total. The molecule has 3 unspecified atom stereocenters. The Labute approximate surface area is 302 Å². The summed E-state index contributed by atoms with van der Waals surface area (Å²) in [5.74, 6) is -0.974. The highest BCUT2D eigenvalue weighted by molar-refractivity contribution is 7.47. The van der Waals surface area contributed by atoms with Crippen LogP contribution in [-0.4, -0.2) is 65.7 Å². The number of aliphatic hydroxyl groups is 2. The summed E-state index contributed by atoms with van der Waals surface area (Å²) in [6.45, 7) is 2.16. The fourth-order valence-corrected chi connectivity index (χ4v) is 5.34. The minimum absolute atomic E-state index is 0.143. The Balaban J connectivity index is 4.41. The summed E-state index contributed by atoms with van der Waals surface area (Å²) in [6, 6.07) is 0. The molecule has 0 aliphatic heterocycles. The molecule has 3 atom stereocenters. The molecule has 0 bridgehead atoms. The van der Waals surface area contributed by atoms with Crippen molar-refractivity contribution in [2.24, 2.45) is 0 Å². The van der Waals surface area contributed by atoms with E-state index in [1.165, 1.54) is 25.7 Å². The average molecular weight is 727 g/mol. The second-order valence-electron chi connectivity index (χ2n) is 12.2. The molecule has 0 amide bonds. The summed E-state index contributed by atoms with van der Waals surface area (Å²) in [5, 5.41) is 18.2. The lowest BCUT2D eigenvalue weighted by molar-refractivity contribution is -0.161. The molecule has 0 saturated heterocycles. The van der Waals surface area contributed by atoms with Crippen molar-refractivity contribution in [2.75, 3.05) is 26.4 Å². The van der Waals surface area contributed by atoms with Gasteiger partial charge in [0.15, 0.2) is 6.10 Å². The second kappa shape index (κ2) is 35.1. The molecule has 50 heavy (non-hydrogen) atoms. The van der Waals surface area contributed by atoms with E-state index < -0.39 is 51.8 Å². The molecule has 288 valence electrons. The van der Waals surface area contributed by atoms with Crippen molar-refractivity contribution in [1.29, 1.82) is 0 Å². The van der Waals surface area contributed by atoms with Crippen LogP contribution in [0.25, 0.3) is 0 Å². The quantitative estimate of drug-likeness (QED) is 0.0254. The van der Waals surface area contributed by atoms with Crippen LogP contribution >= 0.6 is 7.82 Å². The van der Waals surface area contributed by atoms with Crippen molar-refractivity contribution in [2.45, 2.75) is 148 Å². The van der Waals surface area contributed by atoms with Gasteiger partial charge in [-0.2, -0.15) is 0 Å². The van der Waals surface area contributed by atoms with Crippen LogP contribution in [0, 0.1) is 0 Å². The van der Waals surface area contributed by atoms with E-state index in [4.69, 9.17) is 19.1 Å². The summed E-state index contributed by atoms with van der Waals surface area (Å²) < 4.78 is 32.5. The van der Waals surface area contributed by atoms with Gasteiger partial charge in [-0.05, 0) is 57.8 Å². The third-order valence-electron chi connectivity index (χ3n) is 7.44. The third kappa shape index (κ3) is 34.1. The number of unbranched alkanes of at least 4 members (excludes halogenated alkanes) is 10. The molecule has 11 heteroatoms. The molecule has 0 aromatic carbocycles. The standard InChI is InChI=1S/C39H67O10P/c1-3-5-7-9-11-13-14-15-16-17-18-19-20-21-22-23-25-27-29-31-39(43)49-37(35-48-50(44,45)47-33-36(41)32-40)34-46-38(42)30-28-26-24-12-10-8-6-4-2/h5,7,11,13,15-16,18-19,21-22,36-37,40-41H,3-4,6,8-10,12,14,17,20,23-35H2,1-2H3,(H,44,45)/b7-5-,13-11-,16-15-,19-18-,22-21-. The zero-order valence-electron chi connectivity index (χ0n) is 30.8. The van der Waals surface area contributed by atoms with Crippen LogP contribution in [0.5, 0.6) is 0 Å². The zero-order chi connectivity index (χ0) is 37.0. The van der Waals surface area contributed by atoms with Crippen molar-refractivity contribution in [3.63, 3.8) is 0 Å².